The Morgan fingerprint density at radius 1 is 1.20 bits per heavy atom. The number of hydrogen-bond donors (Lipinski definition) is 1. The number of furan rings is 1. The molecule has 1 atom stereocenters. The number of rotatable bonds is 7. The van der Waals surface area contributed by atoms with Crippen molar-refractivity contribution in [2.45, 2.75) is 26.3 Å². The number of benzene rings is 1. The van der Waals surface area contributed by atoms with Crippen molar-refractivity contribution < 1.29 is 9.15 Å². The van der Waals surface area contributed by atoms with Crippen molar-refractivity contribution in [3.8, 4) is 5.75 Å². The highest BCUT2D eigenvalue weighted by Crippen LogP contribution is 2.34. The van der Waals surface area contributed by atoms with E-state index in [1.54, 1.807) is 6.26 Å². The molecular weight excluding hydrogens is 274 g/mol. The lowest BCUT2D eigenvalue weighted by molar-refractivity contribution is 0.333. The Morgan fingerprint density at radius 3 is 2.65 bits per heavy atom. The molecule has 2 rings (SSSR count). The van der Waals surface area contributed by atoms with Crippen molar-refractivity contribution in [1.82, 2.24) is 5.32 Å². The quantitative estimate of drug-likeness (QED) is 0.820. The minimum atomic E-state index is -0.0241. The minimum Gasteiger partial charge on any atom is -0.494 e. The Morgan fingerprint density at radius 2 is 2.00 bits per heavy atom. The van der Waals surface area contributed by atoms with Crippen molar-refractivity contribution >= 4 is 11.6 Å². The molecule has 1 unspecified atom stereocenters. The van der Waals surface area contributed by atoms with E-state index in [2.05, 4.69) is 18.3 Å². The summed E-state index contributed by atoms with van der Waals surface area (Å²) in [6, 6.07) is 9.89. The van der Waals surface area contributed by atoms with Gasteiger partial charge in [0, 0.05) is 11.1 Å². The first-order valence-electron chi connectivity index (χ1n) is 6.95. The number of nitrogens with one attached hydrogen (secondary N) is 1. The molecule has 0 amide bonds. The summed E-state index contributed by atoms with van der Waals surface area (Å²) in [5.41, 5.74) is 2.01. The van der Waals surface area contributed by atoms with Gasteiger partial charge in [-0.1, -0.05) is 25.1 Å². The molecule has 0 aliphatic rings. The fourth-order valence-electron chi connectivity index (χ4n) is 2.19. The topological polar surface area (TPSA) is 34.4 Å². The molecule has 3 nitrogen and oxygen atoms in total. The van der Waals surface area contributed by atoms with Crippen molar-refractivity contribution in [3.05, 3.63) is 52.9 Å². The molecule has 1 N–H and O–H groups in total. The normalized spacial score (nSPS) is 12.3. The smallest absolute Gasteiger partial charge is 0.198 e. The molecule has 0 bridgehead atoms. The van der Waals surface area contributed by atoms with Gasteiger partial charge < -0.3 is 14.5 Å². The lowest BCUT2D eigenvalue weighted by Crippen LogP contribution is -2.23. The van der Waals surface area contributed by atoms with E-state index in [1.165, 1.54) is 0 Å². The second kappa shape index (κ2) is 7.36. The highest BCUT2D eigenvalue weighted by molar-refractivity contribution is 6.29. The molecule has 0 spiro atoms. The number of hydrogen-bond acceptors (Lipinski definition) is 3. The van der Waals surface area contributed by atoms with Gasteiger partial charge in [-0.25, -0.2) is 0 Å². The second-order valence-corrected chi connectivity index (χ2v) is 4.85. The van der Waals surface area contributed by atoms with Gasteiger partial charge in [-0.05, 0) is 43.6 Å². The van der Waals surface area contributed by atoms with Crippen LogP contribution in [0.5, 0.6) is 5.75 Å². The molecule has 0 saturated carbocycles. The summed E-state index contributed by atoms with van der Waals surface area (Å²) in [7, 11) is 0. The largest absolute Gasteiger partial charge is 0.494 e. The van der Waals surface area contributed by atoms with Crippen molar-refractivity contribution in [3.63, 3.8) is 0 Å². The van der Waals surface area contributed by atoms with Gasteiger partial charge in [-0.2, -0.15) is 0 Å². The standard InChI is InChI=1S/C16H20ClNO2/c1-3-10-18-15(13-9-11-20-16(13)17)12-7-5-6-8-14(12)19-4-2/h5-9,11,15,18H,3-4,10H2,1-2H3. The number of ether oxygens (including phenoxy) is 1. The zero-order valence-corrected chi connectivity index (χ0v) is 12.6. The van der Waals surface area contributed by atoms with Gasteiger partial charge in [0.2, 0.25) is 0 Å². The van der Waals surface area contributed by atoms with Crippen LogP contribution in [0.2, 0.25) is 5.22 Å². The maximum Gasteiger partial charge on any atom is 0.198 e. The molecule has 20 heavy (non-hydrogen) atoms. The summed E-state index contributed by atoms with van der Waals surface area (Å²) in [4.78, 5) is 0. The summed E-state index contributed by atoms with van der Waals surface area (Å²) in [6.45, 7) is 5.65. The molecule has 0 aliphatic heterocycles. The van der Waals surface area contributed by atoms with Gasteiger partial charge in [0.05, 0.1) is 18.9 Å². The number of para-hydroxylation sites is 1. The second-order valence-electron chi connectivity index (χ2n) is 4.51. The van der Waals surface area contributed by atoms with Crippen molar-refractivity contribution in [2.75, 3.05) is 13.2 Å². The average Bonchev–Trinajstić information content (AvgIpc) is 2.88. The highest BCUT2D eigenvalue weighted by Gasteiger charge is 2.21. The predicted octanol–water partition coefficient (Wildman–Crippen LogP) is 4.42. The first kappa shape index (κ1) is 14.9. The Balaban J connectivity index is 2.38. The van der Waals surface area contributed by atoms with E-state index in [0.29, 0.717) is 11.8 Å². The van der Waals surface area contributed by atoms with Crippen LogP contribution in [0.3, 0.4) is 0 Å². The molecule has 2 aromatic rings. The first-order valence-corrected chi connectivity index (χ1v) is 7.33. The van der Waals surface area contributed by atoms with E-state index in [1.807, 2.05) is 31.2 Å². The molecule has 0 aliphatic carbocycles. The van der Waals surface area contributed by atoms with Crippen LogP contribution in [0.1, 0.15) is 37.4 Å². The van der Waals surface area contributed by atoms with Crippen LogP contribution in [0, 0.1) is 0 Å². The van der Waals surface area contributed by atoms with Crippen LogP contribution in [0.4, 0.5) is 0 Å². The lowest BCUT2D eigenvalue weighted by atomic mass is 10.00. The predicted molar refractivity (Wildman–Crippen MR) is 81.5 cm³/mol. The van der Waals surface area contributed by atoms with Crippen molar-refractivity contribution in [1.29, 1.82) is 0 Å². The summed E-state index contributed by atoms with van der Waals surface area (Å²) in [5.74, 6) is 0.876. The van der Waals surface area contributed by atoms with Gasteiger partial charge in [-0.3, -0.25) is 0 Å². The fourth-order valence-corrected chi connectivity index (χ4v) is 2.42. The third kappa shape index (κ3) is 3.35. The van der Waals surface area contributed by atoms with Crippen LogP contribution >= 0.6 is 11.6 Å². The highest BCUT2D eigenvalue weighted by atomic mass is 35.5. The monoisotopic (exact) mass is 293 g/mol. The Hall–Kier alpha value is -1.45. The van der Waals surface area contributed by atoms with E-state index in [9.17, 15) is 0 Å². The molecule has 0 radical (unpaired) electrons. The first-order chi connectivity index (χ1) is 9.77. The van der Waals surface area contributed by atoms with Crippen LogP contribution in [0.25, 0.3) is 0 Å². The van der Waals surface area contributed by atoms with Crippen LogP contribution < -0.4 is 10.1 Å². The molecule has 0 fully saturated rings. The molecule has 1 heterocycles. The van der Waals surface area contributed by atoms with Crippen LogP contribution in [0.15, 0.2) is 41.0 Å². The average molecular weight is 294 g/mol. The molecule has 108 valence electrons. The Bertz CT molecular complexity index is 539. The zero-order valence-electron chi connectivity index (χ0n) is 11.9. The summed E-state index contributed by atoms with van der Waals surface area (Å²) in [5, 5.41) is 3.92. The van der Waals surface area contributed by atoms with Gasteiger partial charge in [0.15, 0.2) is 5.22 Å². The van der Waals surface area contributed by atoms with Gasteiger partial charge in [-0.15, -0.1) is 0 Å². The Kier molecular flexibility index (Phi) is 5.50. The van der Waals surface area contributed by atoms with Gasteiger partial charge >= 0.3 is 0 Å². The molecule has 4 heteroatoms. The molecular formula is C16H20ClNO2. The minimum absolute atomic E-state index is 0.0241. The molecule has 1 aromatic carbocycles. The SMILES string of the molecule is CCCNC(c1ccccc1OCC)c1ccoc1Cl. The fraction of sp³-hybridized carbons (Fsp3) is 0.375. The van der Waals surface area contributed by atoms with E-state index in [4.69, 9.17) is 20.8 Å². The summed E-state index contributed by atoms with van der Waals surface area (Å²) < 4.78 is 11.0. The van der Waals surface area contributed by atoms with E-state index in [-0.39, 0.29) is 6.04 Å². The summed E-state index contributed by atoms with van der Waals surface area (Å²) >= 11 is 6.15. The maximum atomic E-state index is 6.15. The van der Waals surface area contributed by atoms with E-state index in [0.717, 1.165) is 29.8 Å². The maximum absolute atomic E-state index is 6.15. The van der Waals surface area contributed by atoms with Crippen LogP contribution in [-0.4, -0.2) is 13.2 Å². The summed E-state index contributed by atoms with van der Waals surface area (Å²) in [6.07, 6.45) is 2.66. The van der Waals surface area contributed by atoms with Crippen LogP contribution in [-0.2, 0) is 0 Å². The van der Waals surface area contributed by atoms with E-state index < -0.39 is 0 Å². The zero-order chi connectivity index (χ0) is 14.4. The van der Waals surface area contributed by atoms with E-state index >= 15 is 0 Å². The third-order valence-corrected chi connectivity index (χ3v) is 3.39. The lowest BCUT2D eigenvalue weighted by Gasteiger charge is -2.21. The molecule has 0 saturated heterocycles. The van der Waals surface area contributed by atoms with Gasteiger partial charge in [0.25, 0.3) is 0 Å². The molecule has 1 aromatic heterocycles. The van der Waals surface area contributed by atoms with Crippen molar-refractivity contribution in [2.24, 2.45) is 0 Å². The number of halogens is 1. The Labute approximate surface area is 124 Å². The third-order valence-electron chi connectivity index (χ3n) is 3.09. The van der Waals surface area contributed by atoms with Gasteiger partial charge in [0.1, 0.15) is 5.75 Å².